The van der Waals surface area contributed by atoms with Gasteiger partial charge >= 0.3 is 0 Å². The summed E-state index contributed by atoms with van der Waals surface area (Å²) in [6.07, 6.45) is 0. The number of nitrogens with zero attached hydrogens (tertiary/aromatic N) is 3. The van der Waals surface area contributed by atoms with E-state index in [0.29, 0.717) is 16.6 Å². The molecule has 0 bridgehead atoms. The van der Waals surface area contributed by atoms with Crippen LogP contribution in [0.5, 0.6) is 0 Å². The van der Waals surface area contributed by atoms with Crippen LogP contribution < -0.4 is 16.4 Å². The fraction of sp³-hybridized carbons (Fsp3) is 0.207. The molecule has 10 nitrogen and oxygen atoms in total. The van der Waals surface area contributed by atoms with Gasteiger partial charge in [0.2, 0.25) is 11.8 Å². The second-order valence-electron chi connectivity index (χ2n) is 9.53. The molecule has 1 heterocycles. The highest BCUT2D eigenvalue weighted by molar-refractivity contribution is 6.30. The average molecular weight is 579 g/mol. The number of primary amides is 1. The first-order valence-electron chi connectivity index (χ1n) is 12.7. The molecule has 0 aliphatic carbocycles. The zero-order chi connectivity index (χ0) is 29.7. The van der Waals surface area contributed by atoms with E-state index in [1.807, 2.05) is 6.07 Å². The molecule has 3 aromatic carbocycles. The first-order chi connectivity index (χ1) is 19.5. The van der Waals surface area contributed by atoms with Gasteiger partial charge in [0.1, 0.15) is 12.4 Å². The van der Waals surface area contributed by atoms with Gasteiger partial charge in [0.15, 0.2) is 5.69 Å². The number of hydrogen-bond acceptors (Lipinski definition) is 5. The van der Waals surface area contributed by atoms with Gasteiger partial charge in [-0.15, -0.1) is 0 Å². The Morgan fingerprint density at radius 1 is 1.05 bits per heavy atom. The Kier molecular flexibility index (Phi) is 8.98. The lowest BCUT2D eigenvalue weighted by Gasteiger charge is -2.26. The first-order valence-corrected chi connectivity index (χ1v) is 13.1. The minimum atomic E-state index is -0.824. The van der Waals surface area contributed by atoms with Gasteiger partial charge in [0, 0.05) is 34.8 Å². The smallest absolute Gasteiger partial charge is 0.269 e. The van der Waals surface area contributed by atoms with Crippen molar-refractivity contribution in [2.24, 2.45) is 5.73 Å². The lowest BCUT2D eigenvalue weighted by molar-refractivity contribution is -0.138. The van der Waals surface area contributed by atoms with Crippen molar-refractivity contribution in [1.29, 1.82) is 0 Å². The van der Waals surface area contributed by atoms with Gasteiger partial charge in [-0.3, -0.25) is 23.9 Å². The number of anilines is 1. The van der Waals surface area contributed by atoms with Crippen LogP contribution in [0.15, 0.2) is 66.7 Å². The maximum atomic E-state index is 14.2. The molecule has 0 unspecified atom stereocenters. The average Bonchev–Trinajstić information content (AvgIpc) is 3.30. The molecule has 0 saturated heterocycles. The number of halogens is 2. The van der Waals surface area contributed by atoms with E-state index >= 15 is 0 Å². The Bertz CT molecular complexity index is 1620. The third kappa shape index (κ3) is 6.87. The molecule has 12 heteroatoms. The van der Waals surface area contributed by atoms with E-state index in [4.69, 9.17) is 17.3 Å². The Hall–Kier alpha value is -4.77. The number of aromatic nitrogens is 2. The number of nitrogens with one attached hydrogen (secondary N) is 2. The normalized spacial score (nSPS) is 11.0. The summed E-state index contributed by atoms with van der Waals surface area (Å²) in [5.74, 6) is -2.79. The molecule has 0 atom stereocenters. The number of carbonyl (C=O) groups is 4. The summed E-state index contributed by atoms with van der Waals surface area (Å²) in [7, 11) is 0. The van der Waals surface area contributed by atoms with Crippen molar-refractivity contribution in [3.63, 3.8) is 0 Å². The Morgan fingerprint density at radius 2 is 1.78 bits per heavy atom. The second-order valence-corrected chi connectivity index (χ2v) is 9.93. The van der Waals surface area contributed by atoms with Crippen LogP contribution in [0.3, 0.4) is 0 Å². The molecule has 0 saturated carbocycles. The molecule has 4 amide bonds. The topological polar surface area (TPSA) is 139 Å². The van der Waals surface area contributed by atoms with E-state index in [0.717, 1.165) is 0 Å². The molecular weight excluding hydrogens is 551 g/mol. The molecule has 41 heavy (non-hydrogen) atoms. The van der Waals surface area contributed by atoms with Gasteiger partial charge in [-0.2, -0.15) is 5.10 Å². The molecule has 4 N–H and O–H groups in total. The standard InChI is InChI=1S/C29H28ClFN6O4/c1-17(2)36(15-24(38)33-14-19-7-6-10-22(30)26(19)31)25(39)16-37-23-12-11-18(13-21(23)27(35-37)28(32)40)29(41)34-20-8-4-3-5-9-20/h3-13,17H,14-16H2,1-2H3,(H2,32,40)(H,33,38)(H,34,41). The first kappa shape index (κ1) is 29.2. The molecule has 4 aromatic rings. The number of para-hydroxylation sites is 1. The van der Waals surface area contributed by atoms with Gasteiger partial charge < -0.3 is 21.3 Å². The van der Waals surface area contributed by atoms with Crippen molar-refractivity contribution in [3.05, 3.63) is 94.4 Å². The fourth-order valence-corrected chi connectivity index (χ4v) is 4.41. The molecule has 4 rings (SSSR count). The number of carbonyl (C=O) groups excluding carboxylic acids is 4. The van der Waals surface area contributed by atoms with Crippen LogP contribution in [0, 0.1) is 5.82 Å². The quantitative estimate of drug-likeness (QED) is 0.263. The van der Waals surface area contributed by atoms with Crippen molar-refractivity contribution in [2.45, 2.75) is 33.0 Å². The largest absolute Gasteiger partial charge is 0.364 e. The molecule has 212 valence electrons. The SMILES string of the molecule is CC(C)N(CC(=O)NCc1cccc(Cl)c1F)C(=O)Cn1nc(C(N)=O)c2cc(C(=O)Nc3ccccc3)ccc21. The highest BCUT2D eigenvalue weighted by Crippen LogP contribution is 2.22. The van der Waals surface area contributed by atoms with E-state index in [1.54, 1.807) is 56.3 Å². The molecule has 0 aliphatic rings. The number of hydrogen-bond donors (Lipinski definition) is 3. The van der Waals surface area contributed by atoms with Crippen molar-refractivity contribution in [3.8, 4) is 0 Å². The van der Waals surface area contributed by atoms with E-state index < -0.39 is 29.4 Å². The maximum Gasteiger partial charge on any atom is 0.269 e. The molecular formula is C29H28ClFN6O4. The third-order valence-corrected chi connectivity index (χ3v) is 6.62. The fourth-order valence-electron chi connectivity index (χ4n) is 4.21. The summed E-state index contributed by atoms with van der Waals surface area (Å²) in [5.41, 5.74) is 6.95. The number of fused-ring (bicyclic) bond motifs is 1. The van der Waals surface area contributed by atoms with Crippen LogP contribution in [-0.2, 0) is 22.7 Å². The summed E-state index contributed by atoms with van der Waals surface area (Å²) in [6.45, 7) is 2.81. The minimum absolute atomic E-state index is 0.0542. The minimum Gasteiger partial charge on any atom is -0.364 e. The van der Waals surface area contributed by atoms with E-state index in [1.165, 1.54) is 27.8 Å². The highest BCUT2D eigenvalue weighted by Gasteiger charge is 2.24. The summed E-state index contributed by atoms with van der Waals surface area (Å²) in [6, 6.07) is 17.6. The van der Waals surface area contributed by atoms with E-state index in [9.17, 15) is 23.6 Å². The van der Waals surface area contributed by atoms with Crippen LogP contribution in [0.2, 0.25) is 5.02 Å². The number of benzene rings is 3. The summed E-state index contributed by atoms with van der Waals surface area (Å²) in [4.78, 5) is 52.2. The van der Waals surface area contributed by atoms with Crippen LogP contribution >= 0.6 is 11.6 Å². The molecule has 0 fully saturated rings. The summed E-state index contributed by atoms with van der Waals surface area (Å²) in [5, 5.41) is 9.87. The van der Waals surface area contributed by atoms with Gasteiger partial charge in [-0.25, -0.2) is 4.39 Å². The summed E-state index contributed by atoms with van der Waals surface area (Å²) >= 11 is 5.80. The van der Waals surface area contributed by atoms with Crippen molar-refractivity contribution in [2.75, 3.05) is 11.9 Å². The number of rotatable bonds is 10. The monoisotopic (exact) mass is 578 g/mol. The number of nitrogens with two attached hydrogens (primary N) is 1. The Balaban J connectivity index is 1.50. The Morgan fingerprint density at radius 3 is 2.46 bits per heavy atom. The van der Waals surface area contributed by atoms with Crippen LogP contribution in [0.1, 0.15) is 40.3 Å². The van der Waals surface area contributed by atoms with Crippen molar-refractivity contribution >= 4 is 51.8 Å². The van der Waals surface area contributed by atoms with E-state index in [2.05, 4.69) is 15.7 Å². The van der Waals surface area contributed by atoms with Crippen LogP contribution in [-0.4, -0.2) is 50.9 Å². The Labute approximate surface area is 240 Å². The predicted octanol–water partition coefficient (Wildman–Crippen LogP) is 3.73. The lowest BCUT2D eigenvalue weighted by Crippen LogP contribution is -2.45. The molecule has 0 spiro atoms. The van der Waals surface area contributed by atoms with Crippen molar-refractivity contribution < 1.29 is 23.6 Å². The zero-order valence-corrected chi connectivity index (χ0v) is 23.1. The summed E-state index contributed by atoms with van der Waals surface area (Å²) < 4.78 is 15.5. The highest BCUT2D eigenvalue weighted by atomic mass is 35.5. The van der Waals surface area contributed by atoms with Crippen LogP contribution in [0.25, 0.3) is 10.9 Å². The van der Waals surface area contributed by atoms with Crippen LogP contribution in [0.4, 0.5) is 10.1 Å². The van der Waals surface area contributed by atoms with E-state index in [-0.39, 0.29) is 47.5 Å². The molecule has 0 aliphatic heterocycles. The van der Waals surface area contributed by atoms with Gasteiger partial charge in [0.25, 0.3) is 11.8 Å². The predicted molar refractivity (Wildman–Crippen MR) is 153 cm³/mol. The second kappa shape index (κ2) is 12.6. The van der Waals surface area contributed by atoms with Gasteiger partial charge in [-0.1, -0.05) is 41.9 Å². The maximum absolute atomic E-state index is 14.2. The van der Waals surface area contributed by atoms with Gasteiger partial charge in [0.05, 0.1) is 17.1 Å². The van der Waals surface area contributed by atoms with Crippen molar-refractivity contribution in [1.82, 2.24) is 20.0 Å². The van der Waals surface area contributed by atoms with Gasteiger partial charge in [-0.05, 0) is 50.2 Å². The molecule has 1 aromatic heterocycles. The molecule has 0 radical (unpaired) electrons. The zero-order valence-electron chi connectivity index (χ0n) is 22.4. The number of amides is 4. The third-order valence-electron chi connectivity index (χ3n) is 6.33. The lowest BCUT2D eigenvalue weighted by atomic mass is 10.1.